The minimum atomic E-state index is -0.836. The number of nitrogen functional groups attached to an aromatic ring is 1. The van der Waals surface area contributed by atoms with Crippen molar-refractivity contribution in [2.75, 3.05) is 12.8 Å². The number of hydrogen-bond acceptors (Lipinski definition) is 8. The molecule has 12 heteroatoms. The Morgan fingerprint density at radius 1 is 1.18 bits per heavy atom. The second-order valence-electron chi connectivity index (χ2n) is 9.50. The topological polar surface area (TPSA) is 126 Å². The lowest BCUT2D eigenvalue weighted by Gasteiger charge is -2.32. The first-order valence-electron chi connectivity index (χ1n) is 12.4. The van der Waals surface area contributed by atoms with Crippen molar-refractivity contribution in [2.24, 2.45) is 0 Å². The molecule has 1 aromatic carbocycles. The van der Waals surface area contributed by atoms with E-state index in [1.165, 1.54) is 11.6 Å². The van der Waals surface area contributed by atoms with Crippen LogP contribution in [-0.4, -0.2) is 50.9 Å². The number of halogens is 2. The predicted octanol–water partition coefficient (Wildman–Crippen LogP) is 3.93. The van der Waals surface area contributed by atoms with Crippen molar-refractivity contribution in [3.63, 3.8) is 0 Å². The molecule has 2 atom stereocenters. The summed E-state index contributed by atoms with van der Waals surface area (Å²) in [5, 5.41) is 6.76. The summed E-state index contributed by atoms with van der Waals surface area (Å²) in [7, 11) is 1.40. The zero-order valence-corrected chi connectivity index (χ0v) is 21.6. The van der Waals surface area contributed by atoms with Gasteiger partial charge in [-0.3, -0.25) is 4.79 Å². The van der Waals surface area contributed by atoms with Crippen LogP contribution in [0.25, 0.3) is 16.8 Å². The minimum Gasteiger partial charge on any atom is -0.487 e. The van der Waals surface area contributed by atoms with Gasteiger partial charge >= 0.3 is 0 Å². The van der Waals surface area contributed by atoms with Gasteiger partial charge in [-0.05, 0) is 43.7 Å². The van der Waals surface area contributed by atoms with Crippen LogP contribution < -0.4 is 20.5 Å². The largest absolute Gasteiger partial charge is 0.487 e. The van der Waals surface area contributed by atoms with Gasteiger partial charge in [0.25, 0.3) is 5.91 Å². The van der Waals surface area contributed by atoms with Crippen LogP contribution in [0.4, 0.5) is 14.7 Å². The predicted molar refractivity (Wildman–Crippen MR) is 138 cm³/mol. The SMILES string of the molecule is COc1ncc(-c2ccn3nc(N)nc3c2)cc1C(=O)NCc1cc(F)cc(F)c1OC1CC(C)OC(C)C1. The second-order valence-corrected chi connectivity index (χ2v) is 9.50. The fraction of sp³-hybridized carbons (Fsp3) is 0.333. The number of carbonyl (C=O) groups excluding carboxylic acids is 1. The van der Waals surface area contributed by atoms with Crippen LogP contribution in [0.1, 0.15) is 42.6 Å². The molecule has 1 aliphatic heterocycles. The quantitative estimate of drug-likeness (QED) is 0.363. The third-order valence-corrected chi connectivity index (χ3v) is 6.44. The van der Waals surface area contributed by atoms with Crippen molar-refractivity contribution in [3.05, 3.63) is 65.5 Å². The molecule has 1 amide bonds. The van der Waals surface area contributed by atoms with Crippen LogP contribution in [0, 0.1) is 11.6 Å². The standard InChI is InChI=1S/C27H28F2N6O4/c1-14-6-20(7-15(2)38-14)39-24-18(8-19(28)11-22(24)29)13-31-25(36)21-9-17(12-32-26(21)37-3)16-4-5-35-23(10-16)33-27(30)34-35/h4-5,8-12,14-15,20H,6-7,13H2,1-3H3,(H2,30,34)(H,31,36). The average Bonchev–Trinajstić information content (AvgIpc) is 3.27. The van der Waals surface area contributed by atoms with Crippen LogP contribution in [0.15, 0.2) is 42.7 Å². The van der Waals surface area contributed by atoms with E-state index in [-0.39, 0.29) is 53.6 Å². The average molecular weight is 539 g/mol. The molecule has 4 heterocycles. The van der Waals surface area contributed by atoms with Crippen LogP contribution >= 0.6 is 0 Å². The van der Waals surface area contributed by atoms with Gasteiger partial charge in [-0.25, -0.2) is 18.3 Å². The molecule has 1 fully saturated rings. The van der Waals surface area contributed by atoms with E-state index in [0.29, 0.717) is 24.1 Å². The smallest absolute Gasteiger partial charge is 0.257 e. The Morgan fingerprint density at radius 3 is 2.69 bits per heavy atom. The van der Waals surface area contributed by atoms with E-state index in [0.717, 1.165) is 17.7 Å². The number of hydrogen-bond donors (Lipinski definition) is 2. The molecule has 204 valence electrons. The van der Waals surface area contributed by atoms with Crippen molar-refractivity contribution < 1.29 is 27.8 Å². The van der Waals surface area contributed by atoms with Gasteiger partial charge in [-0.2, -0.15) is 4.98 Å². The molecule has 5 rings (SSSR count). The number of methoxy groups -OCH3 is 1. The molecule has 0 radical (unpaired) electrons. The molecule has 3 N–H and O–H groups in total. The van der Waals surface area contributed by atoms with Crippen molar-refractivity contribution in [1.82, 2.24) is 24.9 Å². The van der Waals surface area contributed by atoms with Crippen molar-refractivity contribution in [2.45, 2.75) is 51.5 Å². The Labute approximate surface area is 223 Å². The van der Waals surface area contributed by atoms with Crippen LogP contribution in [-0.2, 0) is 11.3 Å². The molecule has 4 aromatic rings. The number of nitrogens with one attached hydrogen (secondary N) is 1. The summed E-state index contributed by atoms with van der Waals surface area (Å²) in [4.78, 5) is 21.7. The van der Waals surface area contributed by atoms with E-state index in [1.54, 1.807) is 30.6 Å². The van der Waals surface area contributed by atoms with Crippen LogP contribution in [0.2, 0.25) is 0 Å². The molecule has 1 saturated heterocycles. The van der Waals surface area contributed by atoms with Crippen LogP contribution in [0.5, 0.6) is 11.6 Å². The minimum absolute atomic E-state index is 0.0551. The Balaban J connectivity index is 1.38. The number of ether oxygens (including phenoxy) is 3. The van der Waals surface area contributed by atoms with Gasteiger partial charge in [-0.15, -0.1) is 5.10 Å². The number of fused-ring (bicyclic) bond motifs is 1. The van der Waals surface area contributed by atoms with Crippen molar-refractivity contribution in [3.8, 4) is 22.8 Å². The number of benzene rings is 1. The summed E-state index contributed by atoms with van der Waals surface area (Å²) in [6.45, 7) is 3.65. The fourth-order valence-electron chi connectivity index (χ4n) is 4.77. The molecular weight excluding hydrogens is 510 g/mol. The highest BCUT2D eigenvalue weighted by molar-refractivity contribution is 5.97. The lowest BCUT2D eigenvalue weighted by molar-refractivity contribution is -0.0729. The Morgan fingerprint density at radius 2 is 1.95 bits per heavy atom. The number of pyridine rings is 2. The van der Waals surface area contributed by atoms with E-state index in [4.69, 9.17) is 19.9 Å². The number of rotatable bonds is 7. The van der Waals surface area contributed by atoms with E-state index < -0.39 is 17.5 Å². The normalized spacial score (nSPS) is 19.2. The zero-order chi connectivity index (χ0) is 27.7. The van der Waals surface area contributed by atoms with E-state index in [1.807, 2.05) is 13.8 Å². The molecule has 3 aromatic heterocycles. The van der Waals surface area contributed by atoms with Gasteiger partial charge in [0.1, 0.15) is 17.5 Å². The Hall–Kier alpha value is -4.32. The molecule has 0 spiro atoms. The van der Waals surface area contributed by atoms with Crippen molar-refractivity contribution in [1.29, 1.82) is 0 Å². The highest BCUT2D eigenvalue weighted by Gasteiger charge is 2.28. The summed E-state index contributed by atoms with van der Waals surface area (Å²) >= 11 is 0. The van der Waals surface area contributed by atoms with Crippen molar-refractivity contribution >= 4 is 17.5 Å². The number of amides is 1. The first-order valence-corrected chi connectivity index (χ1v) is 12.4. The molecule has 0 saturated carbocycles. The van der Waals surface area contributed by atoms with Gasteiger partial charge in [0, 0.05) is 49.0 Å². The van der Waals surface area contributed by atoms with E-state index >= 15 is 0 Å². The number of aromatic nitrogens is 4. The Bertz CT molecular complexity index is 1520. The highest BCUT2D eigenvalue weighted by Crippen LogP contribution is 2.30. The summed E-state index contributed by atoms with van der Waals surface area (Å²) in [5.74, 6) is -2.02. The molecular formula is C27H28F2N6O4. The number of nitrogens with zero attached hydrogens (tertiary/aromatic N) is 4. The zero-order valence-electron chi connectivity index (χ0n) is 21.6. The maximum atomic E-state index is 14.8. The highest BCUT2D eigenvalue weighted by atomic mass is 19.1. The third kappa shape index (κ3) is 5.75. The first kappa shape index (κ1) is 26.3. The maximum absolute atomic E-state index is 14.8. The van der Waals surface area contributed by atoms with Gasteiger partial charge in [0.15, 0.2) is 17.2 Å². The van der Waals surface area contributed by atoms with Gasteiger partial charge in [0.2, 0.25) is 11.8 Å². The number of anilines is 1. The molecule has 10 nitrogen and oxygen atoms in total. The number of nitrogens with two attached hydrogens (primary N) is 1. The van der Waals surface area contributed by atoms with Gasteiger partial charge in [-0.1, -0.05) is 0 Å². The van der Waals surface area contributed by atoms with E-state index in [2.05, 4.69) is 20.4 Å². The summed E-state index contributed by atoms with van der Waals surface area (Å²) in [5.41, 5.74) is 7.85. The van der Waals surface area contributed by atoms with E-state index in [9.17, 15) is 13.6 Å². The third-order valence-electron chi connectivity index (χ3n) is 6.44. The molecule has 39 heavy (non-hydrogen) atoms. The maximum Gasteiger partial charge on any atom is 0.257 e. The molecule has 0 bridgehead atoms. The van der Waals surface area contributed by atoms with Gasteiger partial charge in [0.05, 0.1) is 19.3 Å². The molecule has 1 aliphatic rings. The molecule has 0 aliphatic carbocycles. The summed E-state index contributed by atoms with van der Waals surface area (Å²) in [6, 6.07) is 7.07. The Kier molecular flexibility index (Phi) is 7.29. The fourth-order valence-corrected chi connectivity index (χ4v) is 4.77. The summed E-state index contributed by atoms with van der Waals surface area (Å²) in [6.07, 6.45) is 3.96. The number of carbonyl (C=O) groups is 1. The van der Waals surface area contributed by atoms with Crippen LogP contribution in [0.3, 0.4) is 0 Å². The summed E-state index contributed by atoms with van der Waals surface area (Å²) < 4.78 is 47.5. The lowest BCUT2D eigenvalue weighted by atomic mass is 10.0. The molecule has 2 unspecified atom stereocenters. The second kappa shape index (κ2) is 10.8. The lowest BCUT2D eigenvalue weighted by Crippen LogP contribution is -2.36. The monoisotopic (exact) mass is 538 g/mol. The van der Waals surface area contributed by atoms with Gasteiger partial charge < -0.3 is 25.3 Å². The first-order chi connectivity index (χ1) is 18.7.